The molecule has 19 heavy (non-hydrogen) atoms. The van der Waals surface area contributed by atoms with Gasteiger partial charge >= 0.3 is 0 Å². The first-order valence-corrected chi connectivity index (χ1v) is 7.55. The Balaban J connectivity index is 4.33. The summed E-state index contributed by atoms with van der Waals surface area (Å²) in [6.45, 7) is 19.9. The fraction of sp³-hybridized carbons (Fsp3) is 0.684. The van der Waals surface area contributed by atoms with Gasteiger partial charge in [-0.2, -0.15) is 0 Å². The Bertz CT molecular complexity index is 332. The fourth-order valence-corrected chi connectivity index (χ4v) is 2.09. The minimum Gasteiger partial charge on any atom is -0.103 e. The minimum absolute atomic E-state index is 0.212. The normalized spacial score (nSPS) is 15.8. The highest BCUT2D eigenvalue weighted by molar-refractivity contribution is 5.05. The molecule has 0 saturated heterocycles. The van der Waals surface area contributed by atoms with Crippen molar-refractivity contribution in [1.82, 2.24) is 0 Å². The smallest absolute Gasteiger partial charge is 0.00977 e. The monoisotopic (exact) mass is 262 g/mol. The Hall–Kier alpha value is -0.780. The van der Waals surface area contributed by atoms with Gasteiger partial charge in [-0.1, -0.05) is 57.1 Å². The van der Waals surface area contributed by atoms with Gasteiger partial charge in [0.1, 0.15) is 0 Å². The van der Waals surface area contributed by atoms with E-state index in [9.17, 15) is 0 Å². The van der Waals surface area contributed by atoms with Crippen molar-refractivity contribution in [2.45, 2.75) is 74.1 Å². The van der Waals surface area contributed by atoms with Crippen LogP contribution in [0.15, 0.2) is 36.0 Å². The van der Waals surface area contributed by atoms with E-state index in [1.165, 1.54) is 30.4 Å². The molecule has 0 aromatic heterocycles. The highest BCUT2D eigenvalue weighted by Crippen LogP contribution is 2.43. The van der Waals surface area contributed by atoms with Gasteiger partial charge < -0.3 is 0 Å². The van der Waals surface area contributed by atoms with E-state index in [-0.39, 0.29) is 10.8 Å². The summed E-state index contributed by atoms with van der Waals surface area (Å²) in [5.41, 5.74) is 3.42. The van der Waals surface area contributed by atoms with E-state index in [1.54, 1.807) is 0 Å². The second-order valence-corrected chi connectivity index (χ2v) is 7.28. The Labute approximate surface area is 121 Å². The van der Waals surface area contributed by atoms with Crippen LogP contribution in [0.4, 0.5) is 0 Å². The van der Waals surface area contributed by atoms with Crippen LogP contribution in [-0.2, 0) is 0 Å². The predicted molar refractivity (Wildman–Crippen MR) is 89.4 cm³/mol. The Morgan fingerprint density at radius 3 is 1.95 bits per heavy atom. The van der Waals surface area contributed by atoms with E-state index >= 15 is 0 Å². The van der Waals surface area contributed by atoms with E-state index < -0.39 is 0 Å². The first-order chi connectivity index (χ1) is 8.62. The van der Waals surface area contributed by atoms with Crippen molar-refractivity contribution < 1.29 is 0 Å². The largest absolute Gasteiger partial charge is 0.103 e. The lowest BCUT2D eigenvalue weighted by atomic mass is 9.65. The van der Waals surface area contributed by atoms with E-state index in [0.29, 0.717) is 0 Å². The number of allylic oxidation sites excluding steroid dienone is 5. The van der Waals surface area contributed by atoms with E-state index in [0.717, 1.165) is 6.42 Å². The molecule has 0 aromatic carbocycles. The zero-order chi connectivity index (χ0) is 15.1. The van der Waals surface area contributed by atoms with Gasteiger partial charge in [0.05, 0.1) is 0 Å². The molecule has 0 rings (SSSR count). The van der Waals surface area contributed by atoms with E-state index in [1.807, 2.05) is 0 Å². The number of hydrogen-bond acceptors (Lipinski definition) is 0. The maximum absolute atomic E-state index is 4.04. The van der Waals surface area contributed by atoms with Crippen molar-refractivity contribution >= 4 is 0 Å². The van der Waals surface area contributed by atoms with Gasteiger partial charge in [0, 0.05) is 0 Å². The number of rotatable bonds is 7. The molecule has 110 valence electrons. The lowest BCUT2D eigenvalue weighted by molar-refractivity contribution is 0.157. The van der Waals surface area contributed by atoms with E-state index in [2.05, 4.69) is 73.3 Å². The van der Waals surface area contributed by atoms with Crippen LogP contribution in [0.2, 0.25) is 0 Å². The molecule has 0 N–H and O–H groups in total. The van der Waals surface area contributed by atoms with Crippen LogP contribution in [0.3, 0.4) is 0 Å². The maximum atomic E-state index is 4.04. The molecule has 0 fully saturated rings. The second-order valence-electron chi connectivity index (χ2n) is 7.28. The van der Waals surface area contributed by atoms with Crippen molar-refractivity contribution in [1.29, 1.82) is 0 Å². The van der Waals surface area contributed by atoms with Crippen LogP contribution in [0, 0.1) is 10.8 Å². The average Bonchev–Trinajstić information content (AvgIpc) is 2.26. The van der Waals surface area contributed by atoms with Crippen molar-refractivity contribution in [3.05, 3.63) is 36.0 Å². The summed E-state index contributed by atoms with van der Waals surface area (Å²) >= 11 is 0. The van der Waals surface area contributed by atoms with Gasteiger partial charge in [0.2, 0.25) is 0 Å². The summed E-state index contributed by atoms with van der Waals surface area (Å²) in [6, 6.07) is 0. The van der Waals surface area contributed by atoms with Crippen LogP contribution in [0.1, 0.15) is 74.1 Å². The maximum Gasteiger partial charge on any atom is -0.00977 e. The zero-order valence-electron chi connectivity index (χ0n) is 14.3. The third-order valence-electron chi connectivity index (χ3n) is 4.41. The van der Waals surface area contributed by atoms with Gasteiger partial charge in [0.15, 0.2) is 0 Å². The van der Waals surface area contributed by atoms with Gasteiger partial charge in [-0.05, 0) is 57.3 Å². The molecule has 0 aliphatic carbocycles. The topological polar surface area (TPSA) is 0 Å². The van der Waals surface area contributed by atoms with Gasteiger partial charge in [0.25, 0.3) is 0 Å². The first-order valence-electron chi connectivity index (χ1n) is 7.55. The van der Waals surface area contributed by atoms with Crippen molar-refractivity contribution in [3.8, 4) is 0 Å². The fourth-order valence-electron chi connectivity index (χ4n) is 2.09. The molecule has 0 spiro atoms. The van der Waals surface area contributed by atoms with Gasteiger partial charge in [-0.15, -0.1) is 6.58 Å². The predicted octanol–water partition coefficient (Wildman–Crippen LogP) is 6.70. The molecule has 0 radical (unpaired) electrons. The summed E-state index contributed by atoms with van der Waals surface area (Å²) in [6.07, 6.45) is 11.6. The summed E-state index contributed by atoms with van der Waals surface area (Å²) in [4.78, 5) is 0. The molecular formula is C19H34. The molecule has 0 aromatic rings. The Morgan fingerprint density at radius 2 is 1.53 bits per heavy atom. The molecule has 0 aliphatic rings. The average molecular weight is 262 g/mol. The third-order valence-corrected chi connectivity index (χ3v) is 4.41. The van der Waals surface area contributed by atoms with Crippen molar-refractivity contribution in [3.63, 3.8) is 0 Å². The Kier molecular flexibility index (Phi) is 7.41. The molecule has 0 heterocycles. The Morgan fingerprint density at radius 1 is 0.947 bits per heavy atom. The van der Waals surface area contributed by atoms with Crippen LogP contribution >= 0.6 is 0 Å². The van der Waals surface area contributed by atoms with Crippen LogP contribution < -0.4 is 0 Å². The first kappa shape index (κ1) is 18.2. The summed E-state index contributed by atoms with van der Waals surface area (Å²) in [5.74, 6) is 0. The standard InChI is InChI=1S/C19H34/c1-9-19(8,18(5,6)7)15-11-14-17(4)13-10-12-16(2)3/h9,12,14H,1,10-11,13,15H2,2-8H3/b17-14-. The minimum atomic E-state index is 0.212. The van der Waals surface area contributed by atoms with E-state index in [4.69, 9.17) is 0 Å². The SMILES string of the molecule is C=CC(C)(CC/C=C(/C)CCC=C(C)C)C(C)(C)C. The highest BCUT2D eigenvalue weighted by atomic mass is 14.4. The summed E-state index contributed by atoms with van der Waals surface area (Å²) < 4.78 is 0. The molecule has 0 heteroatoms. The van der Waals surface area contributed by atoms with Gasteiger partial charge in [-0.3, -0.25) is 0 Å². The zero-order valence-corrected chi connectivity index (χ0v) is 14.3. The lowest BCUT2D eigenvalue weighted by Crippen LogP contribution is -2.30. The summed E-state index contributed by atoms with van der Waals surface area (Å²) in [5, 5.41) is 0. The molecule has 0 amide bonds. The molecule has 0 saturated carbocycles. The molecule has 0 nitrogen and oxygen atoms in total. The van der Waals surface area contributed by atoms with Crippen molar-refractivity contribution in [2.75, 3.05) is 0 Å². The molecule has 1 atom stereocenters. The molecule has 1 unspecified atom stereocenters. The van der Waals surface area contributed by atoms with Crippen LogP contribution in [0.5, 0.6) is 0 Å². The third kappa shape index (κ3) is 6.80. The quantitative estimate of drug-likeness (QED) is 0.448. The lowest BCUT2D eigenvalue weighted by Gasteiger charge is -2.39. The molecule has 0 bridgehead atoms. The summed E-state index contributed by atoms with van der Waals surface area (Å²) in [7, 11) is 0. The van der Waals surface area contributed by atoms with Crippen molar-refractivity contribution in [2.24, 2.45) is 10.8 Å². The highest BCUT2D eigenvalue weighted by Gasteiger charge is 2.33. The molecular weight excluding hydrogens is 228 g/mol. The number of hydrogen-bond donors (Lipinski definition) is 0. The van der Waals surface area contributed by atoms with Crippen LogP contribution in [-0.4, -0.2) is 0 Å². The van der Waals surface area contributed by atoms with Gasteiger partial charge in [-0.25, -0.2) is 0 Å². The molecule has 0 aliphatic heterocycles. The second kappa shape index (κ2) is 7.72. The van der Waals surface area contributed by atoms with Crippen LogP contribution in [0.25, 0.3) is 0 Å².